The average molecular weight is 320 g/mol. The minimum atomic E-state index is -0.352. The van der Waals surface area contributed by atoms with Crippen molar-refractivity contribution in [3.63, 3.8) is 0 Å². The van der Waals surface area contributed by atoms with E-state index in [2.05, 4.69) is 24.5 Å². The van der Waals surface area contributed by atoms with Gasteiger partial charge < -0.3 is 15.7 Å². The van der Waals surface area contributed by atoms with Crippen molar-refractivity contribution in [2.45, 2.75) is 66.0 Å². The predicted octanol–water partition coefficient (Wildman–Crippen LogP) is 3.41. The number of amides is 1. The smallest absolute Gasteiger partial charge is 0.225 e. The lowest BCUT2D eigenvalue weighted by Crippen LogP contribution is -2.38. The summed E-state index contributed by atoms with van der Waals surface area (Å²) in [6.07, 6.45) is 1.99. The molecule has 1 amide bonds. The van der Waals surface area contributed by atoms with Crippen molar-refractivity contribution >= 4 is 11.6 Å². The van der Waals surface area contributed by atoms with Crippen LogP contribution in [0.3, 0.4) is 0 Å². The number of aliphatic hydroxyl groups excluding tert-OH is 1. The summed E-state index contributed by atoms with van der Waals surface area (Å²) >= 11 is 0. The average Bonchev–Trinajstić information content (AvgIpc) is 2.51. The highest BCUT2D eigenvalue weighted by Crippen LogP contribution is 2.18. The van der Waals surface area contributed by atoms with Gasteiger partial charge in [-0.3, -0.25) is 4.79 Å². The Bertz CT molecular complexity index is 498. The van der Waals surface area contributed by atoms with E-state index in [4.69, 9.17) is 0 Å². The van der Waals surface area contributed by atoms with Crippen LogP contribution < -0.4 is 10.6 Å². The predicted molar refractivity (Wildman–Crippen MR) is 96.7 cm³/mol. The molecule has 2 atom stereocenters. The number of rotatable bonds is 9. The molecule has 0 aliphatic rings. The minimum Gasteiger partial charge on any atom is -0.392 e. The summed E-state index contributed by atoms with van der Waals surface area (Å²) in [6, 6.07) is 5.94. The van der Waals surface area contributed by atoms with Gasteiger partial charge in [-0.15, -0.1) is 0 Å². The maximum Gasteiger partial charge on any atom is 0.225 e. The zero-order chi connectivity index (χ0) is 17.4. The fourth-order valence-electron chi connectivity index (χ4n) is 2.76. The topological polar surface area (TPSA) is 61.4 Å². The normalized spacial score (nSPS) is 13.9. The number of benzene rings is 1. The molecule has 4 heteroatoms. The molecule has 1 aromatic rings. The zero-order valence-corrected chi connectivity index (χ0v) is 15.1. The SMILES string of the molecule is CCC(CC)C(O)CNC(C)CC(=O)Nc1cccc(C)c1C. The molecular formula is C19H32N2O2. The maximum atomic E-state index is 12.2. The van der Waals surface area contributed by atoms with Crippen LogP contribution in [-0.4, -0.2) is 29.7 Å². The van der Waals surface area contributed by atoms with Gasteiger partial charge in [-0.2, -0.15) is 0 Å². The molecule has 0 spiro atoms. The van der Waals surface area contributed by atoms with Crippen LogP contribution >= 0.6 is 0 Å². The lowest BCUT2D eigenvalue weighted by molar-refractivity contribution is -0.116. The lowest BCUT2D eigenvalue weighted by Gasteiger charge is -2.22. The number of nitrogens with one attached hydrogen (secondary N) is 2. The van der Waals surface area contributed by atoms with Gasteiger partial charge in [-0.1, -0.05) is 38.8 Å². The Morgan fingerprint density at radius 2 is 1.87 bits per heavy atom. The van der Waals surface area contributed by atoms with Gasteiger partial charge in [0.15, 0.2) is 0 Å². The van der Waals surface area contributed by atoms with Crippen LogP contribution in [0.4, 0.5) is 5.69 Å². The largest absolute Gasteiger partial charge is 0.392 e. The van der Waals surface area contributed by atoms with Crippen molar-refractivity contribution in [3.8, 4) is 0 Å². The van der Waals surface area contributed by atoms with Crippen LogP contribution in [0.1, 0.15) is 51.2 Å². The van der Waals surface area contributed by atoms with E-state index in [9.17, 15) is 9.90 Å². The highest BCUT2D eigenvalue weighted by atomic mass is 16.3. The van der Waals surface area contributed by atoms with Gasteiger partial charge in [0.25, 0.3) is 0 Å². The second kappa shape index (κ2) is 9.68. The summed E-state index contributed by atoms with van der Waals surface area (Å²) in [5.74, 6) is 0.314. The third kappa shape index (κ3) is 6.32. The molecule has 0 fully saturated rings. The Kier molecular flexibility index (Phi) is 8.28. The van der Waals surface area contributed by atoms with Crippen molar-refractivity contribution in [3.05, 3.63) is 29.3 Å². The van der Waals surface area contributed by atoms with Gasteiger partial charge in [-0.05, 0) is 43.9 Å². The van der Waals surface area contributed by atoms with Crippen molar-refractivity contribution in [1.29, 1.82) is 0 Å². The first-order valence-corrected chi connectivity index (χ1v) is 8.66. The van der Waals surface area contributed by atoms with E-state index >= 15 is 0 Å². The van der Waals surface area contributed by atoms with Gasteiger partial charge >= 0.3 is 0 Å². The summed E-state index contributed by atoms with van der Waals surface area (Å²) in [4.78, 5) is 12.2. The van der Waals surface area contributed by atoms with E-state index in [1.54, 1.807) is 0 Å². The van der Waals surface area contributed by atoms with Gasteiger partial charge in [0, 0.05) is 24.7 Å². The van der Waals surface area contributed by atoms with Gasteiger partial charge in [0.05, 0.1) is 6.10 Å². The molecule has 0 aromatic heterocycles. The van der Waals surface area contributed by atoms with E-state index < -0.39 is 0 Å². The number of anilines is 1. The van der Waals surface area contributed by atoms with Gasteiger partial charge in [-0.25, -0.2) is 0 Å². The van der Waals surface area contributed by atoms with E-state index in [1.165, 1.54) is 5.56 Å². The standard InChI is InChI=1S/C19H32N2O2/c1-6-16(7-2)18(22)12-20-14(4)11-19(23)21-17-10-8-9-13(3)15(17)5/h8-10,14,16,18,20,22H,6-7,11-12H2,1-5H3,(H,21,23). The lowest BCUT2D eigenvalue weighted by atomic mass is 9.96. The molecule has 1 rings (SSSR count). The zero-order valence-electron chi connectivity index (χ0n) is 15.1. The molecule has 4 nitrogen and oxygen atoms in total. The quantitative estimate of drug-likeness (QED) is 0.653. The van der Waals surface area contributed by atoms with E-state index in [0.29, 0.717) is 18.9 Å². The number of carbonyl (C=O) groups excluding carboxylic acids is 1. The van der Waals surface area contributed by atoms with E-state index in [1.807, 2.05) is 39.0 Å². The van der Waals surface area contributed by atoms with Crippen LogP contribution in [0.5, 0.6) is 0 Å². The summed E-state index contributed by atoms with van der Waals surface area (Å²) in [5, 5.41) is 16.4. The molecule has 3 N–H and O–H groups in total. The maximum absolute atomic E-state index is 12.2. The third-order valence-corrected chi connectivity index (χ3v) is 4.64. The van der Waals surface area contributed by atoms with Gasteiger partial charge in [0.2, 0.25) is 5.91 Å². The van der Waals surface area contributed by atoms with Crippen molar-refractivity contribution in [2.75, 3.05) is 11.9 Å². The van der Waals surface area contributed by atoms with Crippen LogP contribution in [0.2, 0.25) is 0 Å². The highest BCUT2D eigenvalue weighted by Gasteiger charge is 2.17. The number of hydrogen-bond acceptors (Lipinski definition) is 3. The van der Waals surface area contributed by atoms with Crippen molar-refractivity contribution < 1.29 is 9.90 Å². The molecule has 0 radical (unpaired) electrons. The molecule has 130 valence electrons. The number of hydrogen-bond donors (Lipinski definition) is 3. The molecule has 0 bridgehead atoms. The minimum absolute atomic E-state index is 0.00396. The van der Waals surface area contributed by atoms with Crippen LogP contribution in [0, 0.1) is 19.8 Å². The van der Waals surface area contributed by atoms with Crippen molar-refractivity contribution in [2.24, 2.45) is 5.92 Å². The molecule has 0 heterocycles. The Labute approximate surface area is 140 Å². The van der Waals surface area contributed by atoms with Crippen LogP contribution in [0.25, 0.3) is 0 Å². The first kappa shape index (κ1) is 19.7. The number of aliphatic hydroxyl groups is 1. The summed E-state index contributed by atoms with van der Waals surface area (Å²) in [6.45, 7) is 10.7. The molecule has 2 unspecified atom stereocenters. The Balaban J connectivity index is 2.43. The molecule has 0 aliphatic carbocycles. The monoisotopic (exact) mass is 320 g/mol. The summed E-state index contributed by atoms with van der Waals surface area (Å²) in [5.41, 5.74) is 3.15. The second-order valence-corrected chi connectivity index (χ2v) is 6.45. The molecule has 0 saturated carbocycles. The van der Waals surface area contributed by atoms with E-state index in [-0.39, 0.29) is 18.1 Å². The van der Waals surface area contributed by atoms with Crippen molar-refractivity contribution in [1.82, 2.24) is 5.32 Å². The number of aryl methyl sites for hydroxylation is 1. The van der Waals surface area contributed by atoms with Crippen LogP contribution in [0.15, 0.2) is 18.2 Å². The Hall–Kier alpha value is -1.39. The molecule has 23 heavy (non-hydrogen) atoms. The van der Waals surface area contributed by atoms with E-state index in [0.717, 1.165) is 24.1 Å². The molecule has 0 saturated heterocycles. The van der Waals surface area contributed by atoms with Gasteiger partial charge in [0.1, 0.15) is 0 Å². The Morgan fingerprint density at radius 3 is 2.48 bits per heavy atom. The van der Waals surface area contributed by atoms with Crippen LogP contribution in [-0.2, 0) is 4.79 Å². The molecule has 0 aliphatic heterocycles. The first-order chi connectivity index (χ1) is 10.9. The summed E-state index contributed by atoms with van der Waals surface area (Å²) in [7, 11) is 0. The Morgan fingerprint density at radius 1 is 1.22 bits per heavy atom. The molecular weight excluding hydrogens is 288 g/mol. The highest BCUT2D eigenvalue weighted by molar-refractivity contribution is 5.92. The second-order valence-electron chi connectivity index (χ2n) is 6.45. The number of carbonyl (C=O) groups is 1. The first-order valence-electron chi connectivity index (χ1n) is 8.66. The summed E-state index contributed by atoms with van der Waals surface area (Å²) < 4.78 is 0. The third-order valence-electron chi connectivity index (χ3n) is 4.64. The fourth-order valence-corrected chi connectivity index (χ4v) is 2.76. The fraction of sp³-hybridized carbons (Fsp3) is 0.632. The molecule has 1 aromatic carbocycles.